The van der Waals surface area contributed by atoms with Crippen LogP contribution in [-0.4, -0.2) is 82.2 Å². The SMILES string of the molecule is O=C(N[C@@H]1CS(=O)(=O)C[C@H]1Cl)OCCOCCOCCO. The monoisotopic (exact) mass is 345 g/mol. The number of aliphatic hydroxyl groups excluding tert-OH is 1. The number of amides is 1. The first kappa shape index (κ1) is 18.4. The molecule has 1 fully saturated rings. The second-order valence-electron chi connectivity index (χ2n) is 4.43. The molecule has 124 valence electrons. The molecular weight excluding hydrogens is 326 g/mol. The van der Waals surface area contributed by atoms with Gasteiger partial charge < -0.3 is 24.6 Å². The minimum atomic E-state index is -3.19. The first-order chi connectivity index (χ1) is 9.94. The molecule has 1 heterocycles. The lowest BCUT2D eigenvalue weighted by molar-refractivity contribution is 0.0184. The van der Waals surface area contributed by atoms with Crippen molar-refractivity contribution in [2.45, 2.75) is 11.4 Å². The van der Waals surface area contributed by atoms with Gasteiger partial charge >= 0.3 is 6.09 Å². The number of sulfone groups is 1. The molecule has 1 saturated heterocycles. The summed E-state index contributed by atoms with van der Waals surface area (Å²) in [6.07, 6.45) is -0.720. The number of hydrogen-bond donors (Lipinski definition) is 2. The molecule has 0 aromatic heterocycles. The number of carbonyl (C=O) groups is 1. The van der Waals surface area contributed by atoms with E-state index in [1.165, 1.54) is 0 Å². The molecule has 1 rings (SSSR count). The molecule has 2 atom stereocenters. The van der Waals surface area contributed by atoms with Crippen molar-refractivity contribution < 1.29 is 32.5 Å². The van der Waals surface area contributed by atoms with Gasteiger partial charge in [-0.05, 0) is 0 Å². The van der Waals surface area contributed by atoms with Crippen LogP contribution in [0.15, 0.2) is 0 Å². The van der Waals surface area contributed by atoms with Gasteiger partial charge in [0.15, 0.2) is 9.84 Å². The number of alkyl halides is 1. The summed E-state index contributed by atoms with van der Waals surface area (Å²) < 4.78 is 37.6. The van der Waals surface area contributed by atoms with E-state index in [-0.39, 0.29) is 37.9 Å². The van der Waals surface area contributed by atoms with Gasteiger partial charge in [0.25, 0.3) is 0 Å². The van der Waals surface area contributed by atoms with Crippen LogP contribution in [0.5, 0.6) is 0 Å². The molecule has 1 aliphatic heterocycles. The lowest BCUT2D eigenvalue weighted by Crippen LogP contribution is -2.41. The lowest BCUT2D eigenvalue weighted by atomic mass is 10.3. The minimum Gasteiger partial charge on any atom is -0.447 e. The van der Waals surface area contributed by atoms with Gasteiger partial charge in [-0.3, -0.25) is 0 Å². The summed E-state index contributed by atoms with van der Waals surface area (Å²) in [5.41, 5.74) is 0. The maximum atomic E-state index is 11.4. The summed E-state index contributed by atoms with van der Waals surface area (Å²) >= 11 is 5.85. The quantitative estimate of drug-likeness (QED) is 0.413. The van der Waals surface area contributed by atoms with Crippen LogP contribution in [0.25, 0.3) is 0 Å². The van der Waals surface area contributed by atoms with Crippen molar-refractivity contribution in [3.8, 4) is 0 Å². The fourth-order valence-electron chi connectivity index (χ4n) is 1.71. The maximum absolute atomic E-state index is 11.4. The zero-order valence-corrected chi connectivity index (χ0v) is 13.1. The van der Waals surface area contributed by atoms with E-state index in [0.29, 0.717) is 13.2 Å². The average molecular weight is 346 g/mol. The third kappa shape index (κ3) is 7.82. The van der Waals surface area contributed by atoms with Crippen molar-refractivity contribution >= 4 is 27.5 Å². The molecule has 0 bridgehead atoms. The molecule has 8 nitrogen and oxygen atoms in total. The molecule has 0 unspecified atom stereocenters. The number of aliphatic hydroxyl groups is 1. The van der Waals surface area contributed by atoms with E-state index in [9.17, 15) is 13.2 Å². The fraction of sp³-hybridized carbons (Fsp3) is 0.909. The Bertz CT molecular complexity index is 417. The Kier molecular flexibility index (Phi) is 8.27. The summed E-state index contributed by atoms with van der Waals surface area (Å²) in [5, 5.41) is 10.2. The highest BCUT2D eigenvalue weighted by molar-refractivity contribution is 7.91. The normalized spacial score (nSPS) is 23.9. The zero-order chi connectivity index (χ0) is 15.7. The molecule has 10 heteroatoms. The third-order valence-corrected chi connectivity index (χ3v) is 5.03. The molecule has 2 N–H and O–H groups in total. The number of rotatable bonds is 9. The van der Waals surface area contributed by atoms with Gasteiger partial charge in [-0.15, -0.1) is 11.6 Å². The van der Waals surface area contributed by atoms with Gasteiger partial charge in [0, 0.05) is 0 Å². The van der Waals surface area contributed by atoms with E-state index in [1.807, 2.05) is 0 Å². The van der Waals surface area contributed by atoms with Crippen molar-refractivity contribution in [2.24, 2.45) is 0 Å². The van der Waals surface area contributed by atoms with E-state index >= 15 is 0 Å². The molecule has 0 aromatic rings. The number of carbonyl (C=O) groups excluding carboxylic acids is 1. The summed E-state index contributed by atoms with van der Waals surface area (Å²) in [7, 11) is -3.19. The van der Waals surface area contributed by atoms with Gasteiger partial charge in [0.1, 0.15) is 6.61 Å². The number of halogens is 1. The van der Waals surface area contributed by atoms with Crippen molar-refractivity contribution in [3.63, 3.8) is 0 Å². The fourth-order valence-corrected chi connectivity index (χ4v) is 4.26. The summed E-state index contributed by atoms with van der Waals surface area (Å²) in [5.74, 6) is -0.314. The highest BCUT2D eigenvalue weighted by Crippen LogP contribution is 2.17. The van der Waals surface area contributed by atoms with Crippen LogP contribution >= 0.6 is 11.6 Å². The lowest BCUT2D eigenvalue weighted by Gasteiger charge is -2.14. The smallest absolute Gasteiger partial charge is 0.407 e. The van der Waals surface area contributed by atoms with Crippen molar-refractivity contribution in [1.82, 2.24) is 5.32 Å². The maximum Gasteiger partial charge on any atom is 0.407 e. The zero-order valence-electron chi connectivity index (χ0n) is 11.5. The van der Waals surface area contributed by atoms with Crippen LogP contribution in [0, 0.1) is 0 Å². The first-order valence-electron chi connectivity index (χ1n) is 6.49. The molecule has 0 spiro atoms. The van der Waals surface area contributed by atoms with Crippen LogP contribution in [0.1, 0.15) is 0 Å². The minimum absolute atomic E-state index is 0.0399. The highest BCUT2D eigenvalue weighted by Gasteiger charge is 2.37. The predicted octanol–water partition coefficient (Wildman–Crippen LogP) is -0.857. The van der Waals surface area contributed by atoms with Crippen LogP contribution in [0.2, 0.25) is 0 Å². The highest BCUT2D eigenvalue weighted by atomic mass is 35.5. The van der Waals surface area contributed by atoms with E-state index < -0.39 is 27.3 Å². The van der Waals surface area contributed by atoms with Crippen molar-refractivity contribution in [1.29, 1.82) is 0 Å². The number of hydrogen-bond acceptors (Lipinski definition) is 7. The largest absolute Gasteiger partial charge is 0.447 e. The standard InChI is InChI=1S/C11H20ClNO7S/c12-9-7-21(16,17)8-10(9)13-11(15)20-6-5-19-4-3-18-2-1-14/h9-10,14H,1-8H2,(H,13,15)/t9-,10-/m1/s1. The Hall–Kier alpha value is -0.610. The van der Waals surface area contributed by atoms with Gasteiger partial charge in [-0.25, -0.2) is 13.2 Å². The molecule has 0 radical (unpaired) electrons. The molecule has 1 aliphatic rings. The second kappa shape index (κ2) is 9.42. The number of alkyl carbamates (subject to hydrolysis) is 1. The summed E-state index contributed by atoms with van der Waals surface area (Å²) in [6, 6.07) is -0.628. The number of nitrogens with one attached hydrogen (secondary N) is 1. The second-order valence-corrected chi connectivity index (χ2v) is 7.14. The van der Waals surface area contributed by atoms with Crippen LogP contribution < -0.4 is 5.32 Å². The average Bonchev–Trinajstić information content (AvgIpc) is 2.65. The Morgan fingerprint density at radius 1 is 1.14 bits per heavy atom. The predicted molar refractivity (Wildman–Crippen MR) is 75.3 cm³/mol. The summed E-state index contributed by atoms with van der Waals surface area (Å²) in [4.78, 5) is 11.4. The van der Waals surface area contributed by atoms with Crippen LogP contribution in [0.4, 0.5) is 4.79 Å². The van der Waals surface area contributed by atoms with E-state index in [0.717, 1.165) is 0 Å². The third-order valence-electron chi connectivity index (χ3n) is 2.65. The van der Waals surface area contributed by atoms with Crippen LogP contribution in [0.3, 0.4) is 0 Å². The first-order valence-corrected chi connectivity index (χ1v) is 8.74. The Balaban J connectivity index is 2.04. The molecule has 1 amide bonds. The van der Waals surface area contributed by atoms with E-state index in [4.69, 9.17) is 30.9 Å². The van der Waals surface area contributed by atoms with E-state index in [2.05, 4.69) is 5.32 Å². The van der Waals surface area contributed by atoms with E-state index in [1.54, 1.807) is 0 Å². The molecule has 21 heavy (non-hydrogen) atoms. The topological polar surface area (TPSA) is 111 Å². The molecular formula is C11H20ClNO7S. The van der Waals surface area contributed by atoms with Gasteiger partial charge in [0.2, 0.25) is 0 Å². The van der Waals surface area contributed by atoms with Crippen LogP contribution in [-0.2, 0) is 24.0 Å². The molecule has 0 aliphatic carbocycles. The van der Waals surface area contributed by atoms with Gasteiger partial charge in [0.05, 0.1) is 56.0 Å². The Morgan fingerprint density at radius 2 is 1.76 bits per heavy atom. The van der Waals surface area contributed by atoms with Gasteiger partial charge in [-0.1, -0.05) is 0 Å². The summed E-state index contributed by atoms with van der Waals surface area (Å²) in [6.45, 7) is 1.13. The van der Waals surface area contributed by atoms with Crippen molar-refractivity contribution in [2.75, 3.05) is 51.1 Å². The molecule has 0 saturated carbocycles. The Labute approximate surface area is 128 Å². The number of ether oxygens (including phenoxy) is 3. The molecule has 0 aromatic carbocycles. The van der Waals surface area contributed by atoms with Gasteiger partial charge in [-0.2, -0.15) is 0 Å². The Morgan fingerprint density at radius 3 is 2.33 bits per heavy atom. The van der Waals surface area contributed by atoms with Crippen molar-refractivity contribution in [3.05, 3.63) is 0 Å².